The number of aromatic nitrogens is 1. The minimum absolute atomic E-state index is 0.00858. The van der Waals surface area contributed by atoms with E-state index in [0.717, 1.165) is 12.3 Å². The average molecular weight is 302 g/mol. The summed E-state index contributed by atoms with van der Waals surface area (Å²) < 4.78 is 4.45. The molecule has 1 heterocycles. The number of nitrogens with zero attached hydrogens (tertiary/aromatic N) is 3. The fraction of sp³-hybridized carbons (Fsp3) is 0.364. The van der Waals surface area contributed by atoms with E-state index in [1.54, 1.807) is 0 Å². The number of carbonyl (C=O) groups is 2. The molecule has 0 aromatic carbocycles. The van der Waals surface area contributed by atoms with E-state index in [-0.39, 0.29) is 23.7 Å². The zero-order chi connectivity index (χ0) is 15.3. The summed E-state index contributed by atoms with van der Waals surface area (Å²) in [6, 6.07) is 1.12. The minimum atomic E-state index is -0.718. The number of pyridine rings is 1. The Hall–Kier alpha value is -2.22. The van der Waals surface area contributed by atoms with Crippen LogP contribution in [0.1, 0.15) is 16.8 Å². The molecule has 9 heteroatoms. The molecule has 1 aromatic heterocycles. The van der Waals surface area contributed by atoms with E-state index in [1.165, 1.54) is 19.1 Å². The molecule has 1 rings (SSSR count). The maximum absolute atomic E-state index is 12.1. The Balaban J connectivity index is 2.93. The van der Waals surface area contributed by atoms with Gasteiger partial charge in [0, 0.05) is 13.6 Å². The number of ether oxygens (including phenoxy) is 1. The van der Waals surface area contributed by atoms with Crippen LogP contribution in [0.4, 0.5) is 5.69 Å². The van der Waals surface area contributed by atoms with Crippen LogP contribution in [0, 0.1) is 10.1 Å². The molecular formula is C11H12ClN3O5. The van der Waals surface area contributed by atoms with Crippen molar-refractivity contribution in [2.24, 2.45) is 0 Å². The maximum atomic E-state index is 12.1. The molecule has 0 bridgehead atoms. The Labute approximate surface area is 119 Å². The Kier molecular flexibility index (Phi) is 5.39. The SMILES string of the molecule is COC(=O)CCN(C)C(=O)c1cc(Cl)ncc1[N+](=O)[O-]. The van der Waals surface area contributed by atoms with Gasteiger partial charge >= 0.3 is 5.97 Å². The molecule has 0 fully saturated rings. The molecule has 0 unspecified atom stereocenters. The second kappa shape index (κ2) is 6.80. The van der Waals surface area contributed by atoms with Crippen LogP contribution < -0.4 is 0 Å². The van der Waals surface area contributed by atoms with E-state index in [9.17, 15) is 19.7 Å². The largest absolute Gasteiger partial charge is 0.469 e. The van der Waals surface area contributed by atoms with Gasteiger partial charge in [0.15, 0.2) is 0 Å². The molecule has 0 N–H and O–H groups in total. The number of methoxy groups -OCH3 is 1. The Morgan fingerprint density at radius 3 is 2.75 bits per heavy atom. The molecule has 0 saturated carbocycles. The van der Waals surface area contributed by atoms with Crippen LogP contribution in [-0.2, 0) is 9.53 Å². The van der Waals surface area contributed by atoms with Crippen LogP contribution in [-0.4, -0.2) is 47.4 Å². The van der Waals surface area contributed by atoms with Crippen molar-refractivity contribution >= 4 is 29.2 Å². The summed E-state index contributed by atoms with van der Waals surface area (Å²) >= 11 is 5.64. The van der Waals surface area contributed by atoms with Crippen molar-refractivity contribution in [2.75, 3.05) is 20.7 Å². The van der Waals surface area contributed by atoms with Gasteiger partial charge in [-0.2, -0.15) is 0 Å². The summed E-state index contributed by atoms with van der Waals surface area (Å²) in [7, 11) is 2.65. The molecule has 0 aliphatic heterocycles. The van der Waals surface area contributed by atoms with Crippen LogP contribution in [0.15, 0.2) is 12.3 Å². The molecule has 108 valence electrons. The lowest BCUT2D eigenvalue weighted by atomic mass is 10.2. The molecule has 8 nitrogen and oxygen atoms in total. The number of halogens is 1. The number of hydrogen-bond donors (Lipinski definition) is 0. The number of amides is 1. The highest BCUT2D eigenvalue weighted by Crippen LogP contribution is 2.21. The smallest absolute Gasteiger partial charge is 0.307 e. The molecule has 20 heavy (non-hydrogen) atoms. The van der Waals surface area contributed by atoms with Gasteiger partial charge in [-0.3, -0.25) is 19.7 Å². The zero-order valence-corrected chi connectivity index (χ0v) is 11.6. The third kappa shape index (κ3) is 3.89. The normalized spacial score (nSPS) is 9.95. The summed E-state index contributed by atoms with van der Waals surface area (Å²) in [5.74, 6) is -1.10. The fourth-order valence-corrected chi connectivity index (χ4v) is 1.57. The number of rotatable bonds is 5. The van der Waals surface area contributed by atoms with Crippen molar-refractivity contribution < 1.29 is 19.2 Å². The first-order valence-corrected chi connectivity index (χ1v) is 5.86. The van der Waals surface area contributed by atoms with Crippen LogP contribution in [0.3, 0.4) is 0 Å². The van der Waals surface area contributed by atoms with Gasteiger partial charge in [0.05, 0.1) is 18.5 Å². The monoisotopic (exact) mass is 301 g/mol. The van der Waals surface area contributed by atoms with E-state index >= 15 is 0 Å². The lowest BCUT2D eigenvalue weighted by Crippen LogP contribution is -2.29. The number of esters is 1. The highest BCUT2D eigenvalue weighted by molar-refractivity contribution is 6.29. The molecule has 0 saturated heterocycles. The quantitative estimate of drug-likeness (QED) is 0.351. The van der Waals surface area contributed by atoms with Crippen LogP contribution in [0.2, 0.25) is 5.15 Å². The van der Waals surface area contributed by atoms with Crippen molar-refractivity contribution in [3.63, 3.8) is 0 Å². The second-order valence-corrected chi connectivity index (χ2v) is 4.22. The first-order chi connectivity index (χ1) is 9.36. The summed E-state index contributed by atoms with van der Waals surface area (Å²) in [6.45, 7) is 0.0720. The van der Waals surface area contributed by atoms with Crippen LogP contribution in [0.25, 0.3) is 0 Å². The molecule has 1 amide bonds. The fourth-order valence-electron chi connectivity index (χ4n) is 1.41. The lowest BCUT2D eigenvalue weighted by molar-refractivity contribution is -0.385. The summed E-state index contributed by atoms with van der Waals surface area (Å²) in [5, 5.41) is 10.8. The van der Waals surface area contributed by atoms with Crippen LogP contribution >= 0.6 is 11.6 Å². The highest BCUT2D eigenvalue weighted by Gasteiger charge is 2.24. The highest BCUT2D eigenvalue weighted by atomic mass is 35.5. The van der Waals surface area contributed by atoms with Crippen molar-refractivity contribution in [2.45, 2.75) is 6.42 Å². The standard InChI is InChI=1S/C11H12ClN3O5/c1-14(4-3-10(16)20-2)11(17)7-5-9(12)13-6-8(7)15(18)19/h5-6H,3-4H2,1-2H3. The van der Waals surface area contributed by atoms with Gasteiger partial charge < -0.3 is 9.64 Å². The Morgan fingerprint density at radius 1 is 1.55 bits per heavy atom. The molecule has 0 atom stereocenters. The Morgan fingerprint density at radius 2 is 2.20 bits per heavy atom. The number of hydrogen-bond acceptors (Lipinski definition) is 6. The molecule has 0 spiro atoms. The van der Waals surface area contributed by atoms with E-state index in [2.05, 4.69) is 9.72 Å². The van der Waals surface area contributed by atoms with Gasteiger partial charge in [0.25, 0.3) is 11.6 Å². The predicted molar refractivity (Wildman–Crippen MR) is 69.5 cm³/mol. The van der Waals surface area contributed by atoms with E-state index in [1.807, 2.05) is 0 Å². The van der Waals surface area contributed by atoms with Gasteiger partial charge in [-0.25, -0.2) is 4.98 Å². The molecular weight excluding hydrogens is 290 g/mol. The van der Waals surface area contributed by atoms with Crippen molar-refractivity contribution in [3.8, 4) is 0 Å². The Bertz CT molecular complexity index is 549. The van der Waals surface area contributed by atoms with E-state index in [4.69, 9.17) is 11.6 Å². The number of carbonyl (C=O) groups excluding carboxylic acids is 2. The van der Waals surface area contributed by atoms with Gasteiger partial charge in [-0.15, -0.1) is 0 Å². The van der Waals surface area contributed by atoms with E-state index < -0.39 is 22.5 Å². The molecule has 0 aliphatic carbocycles. The first-order valence-electron chi connectivity index (χ1n) is 5.49. The molecule has 0 aliphatic rings. The van der Waals surface area contributed by atoms with Crippen molar-refractivity contribution in [1.29, 1.82) is 0 Å². The lowest BCUT2D eigenvalue weighted by Gasteiger charge is -2.16. The third-order valence-electron chi connectivity index (χ3n) is 2.50. The third-order valence-corrected chi connectivity index (χ3v) is 2.71. The average Bonchev–Trinajstić information content (AvgIpc) is 2.42. The van der Waals surface area contributed by atoms with Gasteiger partial charge in [-0.1, -0.05) is 11.6 Å². The number of nitro groups is 1. The van der Waals surface area contributed by atoms with Gasteiger partial charge in [0.1, 0.15) is 16.9 Å². The second-order valence-electron chi connectivity index (χ2n) is 3.83. The predicted octanol–water partition coefficient (Wildman–Crippen LogP) is 1.28. The maximum Gasteiger partial charge on any atom is 0.307 e. The molecule has 0 radical (unpaired) electrons. The van der Waals surface area contributed by atoms with Crippen molar-refractivity contribution in [3.05, 3.63) is 33.1 Å². The minimum Gasteiger partial charge on any atom is -0.469 e. The van der Waals surface area contributed by atoms with Crippen LogP contribution in [0.5, 0.6) is 0 Å². The van der Waals surface area contributed by atoms with E-state index in [0.29, 0.717) is 0 Å². The van der Waals surface area contributed by atoms with Gasteiger partial charge in [-0.05, 0) is 6.07 Å². The van der Waals surface area contributed by atoms with Gasteiger partial charge in [0.2, 0.25) is 0 Å². The first kappa shape index (κ1) is 15.8. The zero-order valence-electron chi connectivity index (χ0n) is 10.8. The van der Waals surface area contributed by atoms with Crippen molar-refractivity contribution in [1.82, 2.24) is 9.88 Å². The topological polar surface area (TPSA) is 103 Å². The molecule has 1 aromatic rings. The summed E-state index contributed by atoms with van der Waals surface area (Å²) in [5.41, 5.74) is -0.619. The summed E-state index contributed by atoms with van der Waals surface area (Å²) in [6.07, 6.45) is 0.912. The summed E-state index contributed by atoms with van der Waals surface area (Å²) in [4.78, 5) is 38.0.